The van der Waals surface area contributed by atoms with Crippen molar-refractivity contribution in [3.63, 3.8) is 0 Å². The number of fused-ring (bicyclic) bond motifs is 1. The van der Waals surface area contributed by atoms with Gasteiger partial charge in [0.1, 0.15) is 5.82 Å². The molecule has 3 aromatic rings. The summed E-state index contributed by atoms with van der Waals surface area (Å²) < 4.78 is 1.17. The first-order valence-corrected chi connectivity index (χ1v) is 9.54. The average molecular weight is 409 g/mol. The van der Waals surface area contributed by atoms with Crippen molar-refractivity contribution in [2.24, 2.45) is 0 Å². The molecule has 0 atom stereocenters. The minimum Gasteiger partial charge on any atom is -0.384 e. The number of hydrogen-bond donors (Lipinski definition) is 3. The second-order valence-corrected chi connectivity index (χ2v) is 7.12. The average Bonchev–Trinajstić information content (AvgIpc) is 3.26. The molecule has 0 fully saturated rings. The molecule has 1 aliphatic rings. The molecule has 0 bridgehead atoms. The lowest BCUT2D eigenvalue weighted by Gasteiger charge is -2.12. The Kier molecular flexibility index (Phi) is 4.47. The minimum atomic E-state index is -0.640. The van der Waals surface area contributed by atoms with Gasteiger partial charge in [0, 0.05) is 23.4 Å². The van der Waals surface area contributed by atoms with Crippen molar-refractivity contribution in [2.75, 3.05) is 11.1 Å². The third-order valence-electron chi connectivity index (χ3n) is 4.43. The number of carbonyl (C=O) groups is 3. The summed E-state index contributed by atoms with van der Waals surface area (Å²) in [5.41, 5.74) is 7.23. The van der Waals surface area contributed by atoms with E-state index in [0.29, 0.717) is 28.5 Å². The van der Waals surface area contributed by atoms with Gasteiger partial charge in [-0.15, -0.1) is 11.3 Å². The van der Waals surface area contributed by atoms with E-state index in [1.54, 1.807) is 36.6 Å². The van der Waals surface area contributed by atoms with Crippen molar-refractivity contribution >= 4 is 40.0 Å². The van der Waals surface area contributed by atoms with Crippen molar-refractivity contribution in [1.29, 1.82) is 0 Å². The fourth-order valence-corrected chi connectivity index (χ4v) is 3.76. The molecule has 0 saturated heterocycles. The van der Waals surface area contributed by atoms with Gasteiger partial charge < -0.3 is 11.1 Å². The van der Waals surface area contributed by atoms with Crippen LogP contribution < -0.4 is 21.9 Å². The smallest absolute Gasteiger partial charge is 0.262 e. The van der Waals surface area contributed by atoms with Gasteiger partial charge in [-0.25, -0.2) is 4.98 Å². The van der Waals surface area contributed by atoms with E-state index in [9.17, 15) is 19.2 Å². The first-order valence-electron chi connectivity index (χ1n) is 8.66. The SMILES string of the molecule is CCC(=O)Nc1nc(-c2cccc(-n3c(N)c4c(cc3=O)C(=O)NC4=O)c2)cs1. The molecular formula is C19H15N5O4S. The molecule has 9 nitrogen and oxygen atoms in total. The molecule has 0 unspecified atom stereocenters. The van der Waals surface area contributed by atoms with Gasteiger partial charge >= 0.3 is 0 Å². The number of nitrogens with zero attached hydrogens (tertiary/aromatic N) is 2. The zero-order chi connectivity index (χ0) is 20.7. The van der Waals surface area contributed by atoms with Crippen LogP contribution in [0.5, 0.6) is 0 Å². The Bertz CT molecular complexity index is 1240. The number of anilines is 2. The first-order chi connectivity index (χ1) is 13.9. The number of nitrogen functional groups attached to an aromatic ring is 1. The predicted octanol–water partition coefficient (Wildman–Crippen LogP) is 1.78. The number of carbonyl (C=O) groups excluding carboxylic acids is 3. The van der Waals surface area contributed by atoms with Gasteiger partial charge in [0.15, 0.2) is 5.13 Å². The molecule has 3 amide bonds. The standard InChI is InChI=1S/C19H15N5O4S/c1-2-13(25)22-19-21-12(8-29-19)9-4-3-5-10(6-9)24-14(26)7-11-15(16(24)20)18(28)23-17(11)27/h3-8H,2,20H2,1H3,(H,21,22,25)(H,23,27,28). The lowest BCUT2D eigenvalue weighted by molar-refractivity contribution is -0.115. The first kappa shape index (κ1) is 18.6. The number of benzene rings is 1. The van der Waals surface area contributed by atoms with Crippen LogP contribution in [0.15, 0.2) is 40.5 Å². The molecule has 29 heavy (non-hydrogen) atoms. The van der Waals surface area contributed by atoms with E-state index in [0.717, 1.165) is 6.07 Å². The van der Waals surface area contributed by atoms with Gasteiger partial charge in [-0.2, -0.15) is 0 Å². The molecule has 2 aromatic heterocycles. The monoisotopic (exact) mass is 409 g/mol. The molecule has 0 saturated carbocycles. The van der Waals surface area contributed by atoms with E-state index in [4.69, 9.17) is 5.73 Å². The molecule has 0 spiro atoms. The summed E-state index contributed by atoms with van der Waals surface area (Å²) in [6.45, 7) is 1.75. The Labute approximate surface area is 168 Å². The van der Waals surface area contributed by atoms with E-state index in [1.165, 1.54) is 15.9 Å². The van der Waals surface area contributed by atoms with Crippen molar-refractivity contribution in [2.45, 2.75) is 13.3 Å². The van der Waals surface area contributed by atoms with Crippen LogP contribution in [0.25, 0.3) is 16.9 Å². The second kappa shape index (κ2) is 6.99. The van der Waals surface area contributed by atoms with Gasteiger partial charge in [0.05, 0.1) is 22.5 Å². The summed E-state index contributed by atoms with van der Waals surface area (Å²) in [7, 11) is 0. The Morgan fingerprint density at radius 1 is 1.24 bits per heavy atom. The van der Waals surface area contributed by atoms with E-state index in [-0.39, 0.29) is 22.9 Å². The maximum Gasteiger partial charge on any atom is 0.262 e. The molecule has 1 aromatic carbocycles. The van der Waals surface area contributed by atoms with Gasteiger partial charge in [-0.3, -0.25) is 29.1 Å². The molecule has 10 heteroatoms. The zero-order valence-corrected chi connectivity index (χ0v) is 16.0. The van der Waals surface area contributed by atoms with Crippen LogP contribution in [-0.4, -0.2) is 27.3 Å². The molecule has 4 N–H and O–H groups in total. The van der Waals surface area contributed by atoms with Gasteiger partial charge in [0.25, 0.3) is 17.4 Å². The Morgan fingerprint density at radius 3 is 2.79 bits per heavy atom. The summed E-state index contributed by atoms with van der Waals surface area (Å²) in [6, 6.07) is 7.97. The second-order valence-electron chi connectivity index (χ2n) is 6.27. The van der Waals surface area contributed by atoms with Gasteiger partial charge in [0.2, 0.25) is 5.91 Å². The highest BCUT2D eigenvalue weighted by atomic mass is 32.1. The molecule has 1 aliphatic heterocycles. The number of nitrogens with one attached hydrogen (secondary N) is 2. The lowest BCUT2D eigenvalue weighted by atomic mass is 10.1. The molecule has 0 radical (unpaired) electrons. The number of hydrogen-bond acceptors (Lipinski definition) is 7. The van der Waals surface area contributed by atoms with Crippen molar-refractivity contribution < 1.29 is 14.4 Å². The maximum atomic E-state index is 12.6. The third kappa shape index (κ3) is 3.19. The largest absolute Gasteiger partial charge is 0.384 e. The Morgan fingerprint density at radius 2 is 2.03 bits per heavy atom. The van der Waals surface area contributed by atoms with E-state index >= 15 is 0 Å². The summed E-state index contributed by atoms with van der Waals surface area (Å²) in [5, 5.41) is 7.09. The van der Waals surface area contributed by atoms with Crippen molar-refractivity contribution in [3.05, 3.63) is 57.2 Å². The molecule has 0 aliphatic carbocycles. The van der Waals surface area contributed by atoms with E-state index in [2.05, 4.69) is 15.6 Å². The van der Waals surface area contributed by atoms with Crippen molar-refractivity contribution in [3.8, 4) is 16.9 Å². The fourth-order valence-electron chi connectivity index (χ4n) is 3.02. The normalized spacial score (nSPS) is 12.6. The lowest BCUT2D eigenvalue weighted by Crippen LogP contribution is -2.24. The Hall–Kier alpha value is -3.79. The minimum absolute atomic E-state index is 0.0155. The summed E-state index contributed by atoms with van der Waals surface area (Å²) in [6.07, 6.45) is 0.348. The number of thiazole rings is 1. The molecule has 4 rings (SSSR count). The molecular weight excluding hydrogens is 394 g/mol. The van der Waals surface area contributed by atoms with Crippen LogP contribution in [0.3, 0.4) is 0 Å². The van der Waals surface area contributed by atoms with Crippen LogP contribution in [-0.2, 0) is 4.79 Å². The highest BCUT2D eigenvalue weighted by Crippen LogP contribution is 2.28. The topological polar surface area (TPSA) is 136 Å². The number of aromatic nitrogens is 2. The van der Waals surface area contributed by atoms with E-state index in [1.807, 2.05) is 0 Å². The summed E-state index contributed by atoms with van der Waals surface area (Å²) in [4.78, 5) is 52.3. The van der Waals surface area contributed by atoms with Crippen LogP contribution in [0.1, 0.15) is 34.1 Å². The summed E-state index contributed by atoms with van der Waals surface area (Å²) >= 11 is 1.29. The number of rotatable bonds is 4. The number of pyridine rings is 1. The number of nitrogens with two attached hydrogens (primary N) is 1. The zero-order valence-electron chi connectivity index (χ0n) is 15.2. The van der Waals surface area contributed by atoms with Gasteiger partial charge in [-0.05, 0) is 12.1 Å². The third-order valence-corrected chi connectivity index (χ3v) is 5.18. The Balaban J connectivity index is 1.77. The predicted molar refractivity (Wildman–Crippen MR) is 108 cm³/mol. The highest BCUT2D eigenvalue weighted by molar-refractivity contribution is 7.14. The molecule has 3 heterocycles. The van der Waals surface area contributed by atoms with Crippen LogP contribution in [0.2, 0.25) is 0 Å². The van der Waals surface area contributed by atoms with Crippen LogP contribution >= 0.6 is 11.3 Å². The van der Waals surface area contributed by atoms with Gasteiger partial charge in [-0.1, -0.05) is 19.1 Å². The van der Waals surface area contributed by atoms with Crippen molar-refractivity contribution in [1.82, 2.24) is 14.9 Å². The number of imide groups is 1. The highest BCUT2D eigenvalue weighted by Gasteiger charge is 2.31. The molecule has 146 valence electrons. The number of amides is 3. The fraction of sp³-hybridized carbons (Fsp3) is 0.105. The van der Waals surface area contributed by atoms with E-state index < -0.39 is 17.4 Å². The van der Waals surface area contributed by atoms with Crippen LogP contribution in [0, 0.1) is 0 Å². The maximum absolute atomic E-state index is 12.6. The quantitative estimate of drug-likeness (QED) is 0.562. The van der Waals surface area contributed by atoms with Crippen LogP contribution in [0.4, 0.5) is 10.9 Å². The summed E-state index contributed by atoms with van der Waals surface area (Å²) in [5.74, 6) is -1.52.